The van der Waals surface area contributed by atoms with Crippen molar-refractivity contribution in [3.63, 3.8) is 0 Å². The van der Waals surface area contributed by atoms with Gasteiger partial charge in [0.1, 0.15) is 5.75 Å². The van der Waals surface area contributed by atoms with Crippen molar-refractivity contribution in [2.24, 2.45) is 0 Å². The topological polar surface area (TPSA) is 47.6 Å². The number of aryl methyl sites for hydroxylation is 2. The highest BCUT2D eigenvalue weighted by Crippen LogP contribution is 2.26. The zero-order valence-corrected chi connectivity index (χ0v) is 12.6. The van der Waals surface area contributed by atoms with Crippen LogP contribution in [0.25, 0.3) is 0 Å². The lowest BCUT2D eigenvalue weighted by molar-refractivity contribution is -0.127. The lowest BCUT2D eigenvalue weighted by Gasteiger charge is -2.17. The summed E-state index contributed by atoms with van der Waals surface area (Å²) in [6.45, 7) is 3.18. The second kappa shape index (κ2) is 6.48. The Morgan fingerprint density at radius 2 is 2.24 bits per heavy atom. The Balaban J connectivity index is 1.50. The van der Waals surface area contributed by atoms with Crippen LogP contribution in [0.5, 0.6) is 5.75 Å². The zero-order chi connectivity index (χ0) is 14.7. The van der Waals surface area contributed by atoms with Gasteiger partial charge in [-0.3, -0.25) is 4.79 Å². The average Bonchev–Trinajstić information content (AvgIpc) is 3.15. The SMILES string of the molecule is C[C@H](Oc1ccc2c(c1)CCC2)C(=O)NC[C@@H]1CCCO1. The number of benzene rings is 1. The fraction of sp³-hybridized carbons (Fsp3) is 0.588. The fourth-order valence-electron chi connectivity index (χ4n) is 3.04. The Morgan fingerprint density at radius 3 is 3.05 bits per heavy atom. The third-order valence-corrected chi connectivity index (χ3v) is 4.28. The molecule has 1 N–H and O–H groups in total. The standard InChI is InChI=1S/C17H23NO3/c1-12(17(19)18-11-16-6-3-9-20-16)21-15-8-7-13-4-2-5-14(13)10-15/h7-8,10,12,16H,2-6,9,11H2,1H3,(H,18,19)/t12-,16-/m0/s1. The van der Waals surface area contributed by atoms with E-state index < -0.39 is 6.10 Å². The van der Waals surface area contributed by atoms with Crippen molar-refractivity contribution in [3.05, 3.63) is 29.3 Å². The molecule has 1 amide bonds. The first kappa shape index (κ1) is 14.4. The van der Waals surface area contributed by atoms with Gasteiger partial charge in [0.2, 0.25) is 0 Å². The van der Waals surface area contributed by atoms with Crippen LogP contribution in [-0.2, 0) is 22.4 Å². The van der Waals surface area contributed by atoms with Gasteiger partial charge in [0.15, 0.2) is 6.10 Å². The van der Waals surface area contributed by atoms with Gasteiger partial charge < -0.3 is 14.8 Å². The smallest absolute Gasteiger partial charge is 0.260 e. The number of fused-ring (bicyclic) bond motifs is 1. The van der Waals surface area contributed by atoms with Gasteiger partial charge in [-0.1, -0.05) is 6.07 Å². The van der Waals surface area contributed by atoms with E-state index in [1.165, 1.54) is 17.5 Å². The van der Waals surface area contributed by atoms with Gasteiger partial charge in [0.05, 0.1) is 6.10 Å². The maximum Gasteiger partial charge on any atom is 0.260 e. The van der Waals surface area contributed by atoms with Crippen LogP contribution in [0.2, 0.25) is 0 Å². The van der Waals surface area contributed by atoms with Crippen molar-refractivity contribution in [3.8, 4) is 5.75 Å². The van der Waals surface area contributed by atoms with E-state index in [2.05, 4.69) is 17.4 Å². The molecule has 0 saturated carbocycles. The van der Waals surface area contributed by atoms with Gasteiger partial charge in [-0.25, -0.2) is 0 Å². The number of amides is 1. The molecule has 21 heavy (non-hydrogen) atoms. The quantitative estimate of drug-likeness (QED) is 0.904. The summed E-state index contributed by atoms with van der Waals surface area (Å²) in [4.78, 5) is 12.0. The molecule has 0 unspecified atom stereocenters. The predicted molar refractivity (Wildman–Crippen MR) is 80.5 cm³/mol. The molecule has 1 saturated heterocycles. The molecule has 0 aromatic heterocycles. The number of nitrogens with one attached hydrogen (secondary N) is 1. The Morgan fingerprint density at radius 1 is 1.38 bits per heavy atom. The molecule has 1 heterocycles. The third kappa shape index (κ3) is 3.56. The van der Waals surface area contributed by atoms with Gasteiger partial charge in [0, 0.05) is 13.2 Å². The zero-order valence-electron chi connectivity index (χ0n) is 12.6. The largest absolute Gasteiger partial charge is 0.481 e. The molecule has 2 aliphatic rings. The summed E-state index contributed by atoms with van der Waals surface area (Å²) < 4.78 is 11.3. The lowest BCUT2D eigenvalue weighted by atomic mass is 10.1. The van der Waals surface area contributed by atoms with Crippen molar-refractivity contribution in [1.29, 1.82) is 0 Å². The second-order valence-corrected chi connectivity index (χ2v) is 5.92. The third-order valence-electron chi connectivity index (χ3n) is 4.28. The van der Waals surface area contributed by atoms with Crippen LogP contribution in [-0.4, -0.2) is 31.3 Å². The van der Waals surface area contributed by atoms with Crippen LogP contribution in [0, 0.1) is 0 Å². The van der Waals surface area contributed by atoms with Crippen molar-refractivity contribution >= 4 is 5.91 Å². The predicted octanol–water partition coefficient (Wildman–Crippen LogP) is 2.24. The highest BCUT2D eigenvalue weighted by atomic mass is 16.5. The second-order valence-electron chi connectivity index (χ2n) is 5.92. The Bertz CT molecular complexity index is 509. The fourth-order valence-corrected chi connectivity index (χ4v) is 3.04. The molecule has 3 rings (SSSR count). The lowest BCUT2D eigenvalue weighted by Crippen LogP contribution is -2.40. The van der Waals surface area contributed by atoms with Crippen LogP contribution in [0.1, 0.15) is 37.3 Å². The molecule has 2 atom stereocenters. The monoisotopic (exact) mass is 289 g/mol. The highest BCUT2D eigenvalue weighted by molar-refractivity contribution is 5.80. The van der Waals surface area contributed by atoms with Gasteiger partial charge in [-0.15, -0.1) is 0 Å². The van der Waals surface area contributed by atoms with Crippen LogP contribution in [0.3, 0.4) is 0 Å². The normalized spacial score (nSPS) is 21.9. The maximum absolute atomic E-state index is 12.0. The summed E-state index contributed by atoms with van der Waals surface area (Å²) in [6, 6.07) is 6.16. The van der Waals surface area contributed by atoms with E-state index in [4.69, 9.17) is 9.47 Å². The molecule has 1 aliphatic heterocycles. The molecule has 1 aliphatic carbocycles. The molecule has 0 bridgehead atoms. The molecule has 4 nitrogen and oxygen atoms in total. The Hall–Kier alpha value is -1.55. The minimum absolute atomic E-state index is 0.0778. The van der Waals surface area contributed by atoms with Crippen molar-refractivity contribution in [1.82, 2.24) is 5.32 Å². The molecule has 1 aromatic rings. The first-order valence-electron chi connectivity index (χ1n) is 7.90. The van der Waals surface area contributed by atoms with E-state index in [0.29, 0.717) is 6.54 Å². The van der Waals surface area contributed by atoms with Crippen LogP contribution < -0.4 is 10.1 Å². The van der Waals surface area contributed by atoms with Crippen LogP contribution in [0.4, 0.5) is 0 Å². The van der Waals surface area contributed by atoms with Gasteiger partial charge in [0.25, 0.3) is 5.91 Å². The number of carbonyl (C=O) groups excluding carboxylic acids is 1. The molecule has 0 radical (unpaired) electrons. The van der Waals surface area contributed by atoms with E-state index in [0.717, 1.165) is 38.0 Å². The summed E-state index contributed by atoms with van der Waals surface area (Å²) in [5, 5.41) is 2.91. The number of rotatable bonds is 5. The summed E-state index contributed by atoms with van der Waals surface area (Å²) in [7, 11) is 0. The van der Waals surface area contributed by atoms with Crippen molar-refractivity contribution < 1.29 is 14.3 Å². The average molecular weight is 289 g/mol. The maximum atomic E-state index is 12.0. The van der Waals surface area contributed by atoms with E-state index in [1.807, 2.05) is 6.07 Å². The summed E-state index contributed by atoms with van der Waals surface area (Å²) in [6.07, 6.45) is 5.30. The Kier molecular flexibility index (Phi) is 4.44. The molecular weight excluding hydrogens is 266 g/mol. The summed E-state index contributed by atoms with van der Waals surface area (Å²) in [5.41, 5.74) is 2.78. The van der Waals surface area contributed by atoms with E-state index in [-0.39, 0.29) is 12.0 Å². The first-order chi connectivity index (χ1) is 10.2. The van der Waals surface area contributed by atoms with Crippen LogP contribution in [0.15, 0.2) is 18.2 Å². The molecule has 0 spiro atoms. The number of ether oxygens (including phenoxy) is 2. The number of hydrogen-bond acceptors (Lipinski definition) is 3. The van der Waals surface area contributed by atoms with E-state index in [9.17, 15) is 4.79 Å². The minimum Gasteiger partial charge on any atom is -0.481 e. The number of carbonyl (C=O) groups is 1. The molecule has 4 heteroatoms. The van der Waals surface area contributed by atoms with Crippen molar-refractivity contribution in [2.45, 2.75) is 51.2 Å². The van der Waals surface area contributed by atoms with Crippen molar-refractivity contribution in [2.75, 3.05) is 13.2 Å². The molecular formula is C17H23NO3. The Labute approximate surface area is 125 Å². The first-order valence-corrected chi connectivity index (χ1v) is 7.90. The van der Waals surface area contributed by atoms with E-state index in [1.54, 1.807) is 6.92 Å². The molecule has 1 aromatic carbocycles. The van der Waals surface area contributed by atoms with Crippen LogP contribution >= 0.6 is 0 Å². The van der Waals surface area contributed by atoms with E-state index >= 15 is 0 Å². The van der Waals surface area contributed by atoms with Gasteiger partial charge in [-0.2, -0.15) is 0 Å². The summed E-state index contributed by atoms with van der Waals surface area (Å²) >= 11 is 0. The minimum atomic E-state index is -0.481. The molecule has 1 fully saturated rings. The molecule has 114 valence electrons. The summed E-state index contributed by atoms with van der Waals surface area (Å²) in [5.74, 6) is 0.710. The highest BCUT2D eigenvalue weighted by Gasteiger charge is 2.20. The number of hydrogen-bond donors (Lipinski definition) is 1. The van der Waals surface area contributed by atoms with Gasteiger partial charge in [-0.05, 0) is 62.3 Å². The van der Waals surface area contributed by atoms with Gasteiger partial charge >= 0.3 is 0 Å².